The zero-order valence-corrected chi connectivity index (χ0v) is 16.4. The van der Waals surface area contributed by atoms with E-state index >= 15 is 0 Å². The van der Waals surface area contributed by atoms with Crippen LogP contribution in [-0.4, -0.2) is 55.3 Å². The van der Waals surface area contributed by atoms with Crippen LogP contribution in [0.1, 0.15) is 4.88 Å². The third-order valence-corrected chi connectivity index (χ3v) is 6.08. The second kappa shape index (κ2) is 7.79. The Hall–Kier alpha value is -1.87. The minimum absolute atomic E-state index is 0.741. The Morgan fingerprint density at radius 3 is 2.50 bits per heavy atom. The molecule has 4 heterocycles. The van der Waals surface area contributed by atoms with Crippen LogP contribution in [0.25, 0.3) is 11.4 Å². The summed E-state index contributed by atoms with van der Waals surface area (Å²) < 4.78 is 4.65. The fourth-order valence-electron chi connectivity index (χ4n) is 3.23. The topological polar surface area (TPSA) is 42.1 Å². The number of thiophene rings is 1. The first-order chi connectivity index (χ1) is 12.7. The van der Waals surface area contributed by atoms with E-state index in [4.69, 9.17) is 17.3 Å². The Balaban J connectivity index is 1.40. The molecule has 1 aliphatic rings. The monoisotopic (exact) mass is 386 g/mol. The van der Waals surface area contributed by atoms with Crippen LogP contribution in [0, 0.1) is 4.77 Å². The van der Waals surface area contributed by atoms with Crippen LogP contribution < -0.4 is 0 Å². The van der Waals surface area contributed by atoms with E-state index < -0.39 is 0 Å². The van der Waals surface area contributed by atoms with Gasteiger partial charge in [-0.3, -0.25) is 14.8 Å². The number of aromatic nitrogens is 4. The molecular formula is C18H22N6S2. The molecular weight excluding hydrogens is 364 g/mol. The summed E-state index contributed by atoms with van der Waals surface area (Å²) in [6.07, 6.45) is 3.56. The normalized spacial score (nSPS) is 16.2. The van der Waals surface area contributed by atoms with Crippen molar-refractivity contribution < 1.29 is 0 Å². The molecule has 0 spiro atoms. The highest BCUT2D eigenvalue weighted by atomic mass is 32.1. The van der Waals surface area contributed by atoms with Gasteiger partial charge in [-0.25, -0.2) is 4.68 Å². The number of pyridine rings is 1. The van der Waals surface area contributed by atoms with Gasteiger partial charge in [-0.2, -0.15) is 5.10 Å². The molecule has 0 saturated carbocycles. The van der Waals surface area contributed by atoms with E-state index in [0.29, 0.717) is 0 Å². The molecule has 0 aromatic carbocycles. The SMILES string of the molecule is Cn1c(-c2ccncc2)nn(CN2CCN(Cc3cccs3)CC2)c1=S. The molecule has 8 heteroatoms. The van der Waals surface area contributed by atoms with Gasteiger partial charge >= 0.3 is 0 Å². The number of piperazine rings is 1. The second-order valence-electron chi connectivity index (χ2n) is 6.52. The molecule has 26 heavy (non-hydrogen) atoms. The van der Waals surface area contributed by atoms with Crippen LogP contribution in [0.5, 0.6) is 0 Å². The summed E-state index contributed by atoms with van der Waals surface area (Å²) >= 11 is 7.43. The van der Waals surface area contributed by atoms with Gasteiger partial charge in [0, 0.05) is 62.6 Å². The summed E-state index contributed by atoms with van der Waals surface area (Å²) in [5, 5.41) is 6.90. The number of hydrogen-bond acceptors (Lipinski definition) is 6. The molecule has 0 aliphatic carbocycles. The van der Waals surface area contributed by atoms with E-state index in [2.05, 4.69) is 32.3 Å². The van der Waals surface area contributed by atoms with Crippen molar-refractivity contribution >= 4 is 23.6 Å². The van der Waals surface area contributed by atoms with Gasteiger partial charge in [-0.15, -0.1) is 11.3 Å². The quantitative estimate of drug-likeness (QED) is 0.631. The molecule has 0 bridgehead atoms. The molecule has 3 aromatic rings. The largest absolute Gasteiger partial charge is 0.303 e. The zero-order valence-electron chi connectivity index (χ0n) is 14.8. The summed E-state index contributed by atoms with van der Waals surface area (Å²) in [6, 6.07) is 8.26. The maximum absolute atomic E-state index is 5.59. The number of hydrogen-bond donors (Lipinski definition) is 0. The summed E-state index contributed by atoms with van der Waals surface area (Å²) in [5.74, 6) is 0.883. The van der Waals surface area contributed by atoms with Gasteiger partial charge < -0.3 is 4.57 Å². The van der Waals surface area contributed by atoms with Crippen molar-refractivity contribution in [2.45, 2.75) is 13.2 Å². The van der Waals surface area contributed by atoms with E-state index in [1.54, 1.807) is 12.4 Å². The number of nitrogens with zero attached hydrogens (tertiary/aromatic N) is 6. The molecule has 1 saturated heterocycles. The highest BCUT2D eigenvalue weighted by Crippen LogP contribution is 2.17. The van der Waals surface area contributed by atoms with Crippen molar-refractivity contribution in [2.75, 3.05) is 26.2 Å². The van der Waals surface area contributed by atoms with Crippen LogP contribution >= 0.6 is 23.6 Å². The molecule has 0 atom stereocenters. The smallest absolute Gasteiger partial charge is 0.199 e. The maximum Gasteiger partial charge on any atom is 0.199 e. The van der Waals surface area contributed by atoms with E-state index in [-0.39, 0.29) is 0 Å². The molecule has 6 nitrogen and oxygen atoms in total. The molecule has 0 N–H and O–H groups in total. The summed E-state index contributed by atoms with van der Waals surface area (Å²) in [6.45, 7) is 6.03. The third kappa shape index (κ3) is 3.78. The first-order valence-electron chi connectivity index (χ1n) is 8.72. The van der Waals surface area contributed by atoms with Gasteiger partial charge in [-0.05, 0) is 35.8 Å². The van der Waals surface area contributed by atoms with Crippen molar-refractivity contribution in [1.29, 1.82) is 0 Å². The third-order valence-electron chi connectivity index (χ3n) is 4.74. The highest BCUT2D eigenvalue weighted by Gasteiger charge is 2.19. The molecule has 3 aromatic heterocycles. The number of rotatable bonds is 5. The minimum atomic E-state index is 0.741. The Labute approximate surface area is 162 Å². The lowest BCUT2D eigenvalue weighted by atomic mass is 10.2. The minimum Gasteiger partial charge on any atom is -0.303 e. The molecule has 0 amide bonds. The van der Waals surface area contributed by atoms with Gasteiger partial charge in [-0.1, -0.05) is 6.07 Å². The Morgan fingerprint density at radius 1 is 1.08 bits per heavy atom. The molecule has 1 aliphatic heterocycles. The van der Waals surface area contributed by atoms with Gasteiger partial charge in [0.2, 0.25) is 0 Å². The molecule has 1 fully saturated rings. The van der Waals surface area contributed by atoms with Gasteiger partial charge in [0.05, 0.1) is 6.67 Å². The van der Waals surface area contributed by atoms with Crippen molar-refractivity contribution in [3.63, 3.8) is 0 Å². The van der Waals surface area contributed by atoms with E-state index in [1.165, 1.54) is 4.88 Å². The van der Waals surface area contributed by atoms with Crippen molar-refractivity contribution in [3.8, 4) is 11.4 Å². The van der Waals surface area contributed by atoms with Crippen LogP contribution in [-0.2, 0) is 20.3 Å². The maximum atomic E-state index is 5.59. The summed E-state index contributed by atoms with van der Waals surface area (Å²) in [4.78, 5) is 10.4. The van der Waals surface area contributed by atoms with E-state index in [1.807, 2.05) is 39.8 Å². The molecule has 4 rings (SSSR count). The fraction of sp³-hybridized carbons (Fsp3) is 0.389. The lowest BCUT2D eigenvalue weighted by molar-refractivity contribution is 0.0987. The average Bonchev–Trinajstić information content (AvgIpc) is 3.28. The predicted octanol–water partition coefficient (Wildman–Crippen LogP) is 2.85. The average molecular weight is 387 g/mol. The predicted molar refractivity (Wildman–Crippen MR) is 106 cm³/mol. The summed E-state index contributed by atoms with van der Waals surface area (Å²) in [5.41, 5.74) is 1.04. The van der Waals surface area contributed by atoms with Crippen molar-refractivity contribution in [1.82, 2.24) is 29.1 Å². The van der Waals surface area contributed by atoms with Gasteiger partial charge in [0.1, 0.15) is 0 Å². The molecule has 136 valence electrons. The highest BCUT2D eigenvalue weighted by molar-refractivity contribution is 7.71. The summed E-state index contributed by atoms with van der Waals surface area (Å²) in [7, 11) is 1.97. The van der Waals surface area contributed by atoms with Crippen molar-refractivity contribution in [2.24, 2.45) is 7.05 Å². The van der Waals surface area contributed by atoms with Gasteiger partial charge in [0.15, 0.2) is 10.6 Å². The van der Waals surface area contributed by atoms with E-state index in [0.717, 1.165) is 55.6 Å². The van der Waals surface area contributed by atoms with E-state index in [9.17, 15) is 0 Å². The Morgan fingerprint density at radius 2 is 1.81 bits per heavy atom. The van der Waals surface area contributed by atoms with Gasteiger partial charge in [0.25, 0.3) is 0 Å². The van der Waals surface area contributed by atoms with Crippen LogP contribution in [0.15, 0.2) is 42.0 Å². The van der Waals surface area contributed by atoms with Crippen LogP contribution in [0.2, 0.25) is 0 Å². The van der Waals surface area contributed by atoms with Crippen LogP contribution in [0.3, 0.4) is 0 Å². The molecule has 0 radical (unpaired) electrons. The van der Waals surface area contributed by atoms with Crippen molar-refractivity contribution in [3.05, 3.63) is 51.7 Å². The second-order valence-corrected chi connectivity index (χ2v) is 7.91. The van der Waals surface area contributed by atoms with Crippen LogP contribution in [0.4, 0.5) is 0 Å². The molecule has 0 unspecified atom stereocenters. The zero-order chi connectivity index (χ0) is 17.9. The fourth-order valence-corrected chi connectivity index (χ4v) is 4.16. The first-order valence-corrected chi connectivity index (χ1v) is 10.0. The standard InChI is InChI=1S/C18H22N6S2/c1-21-17(15-4-6-19-7-5-15)20-24(18(21)25)14-23-10-8-22(9-11-23)13-16-3-2-12-26-16/h2-7,12H,8-11,13-14H2,1H3. The lowest BCUT2D eigenvalue weighted by Gasteiger charge is -2.34. The Kier molecular flexibility index (Phi) is 5.26. The lowest BCUT2D eigenvalue weighted by Crippen LogP contribution is -2.46. The Bertz CT molecular complexity index is 892. The first kappa shape index (κ1) is 17.5.